The monoisotopic (exact) mass is 542 g/mol. The molecule has 158 valence electrons. The number of hydrogen-bond donors (Lipinski definition) is 1. The maximum absolute atomic E-state index is 12.1. The van der Waals surface area contributed by atoms with E-state index in [0.29, 0.717) is 5.75 Å². The van der Waals surface area contributed by atoms with Crippen molar-refractivity contribution in [3.8, 4) is 5.75 Å². The Morgan fingerprint density at radius 3 is 2.31 bits per heavy atom. The number of halogens is 2. The Morgan fingerprint density at radius 2 is 1.79 bits per heavy atom. The molecule has 1 heterocycles. The number of carbonyl (C=O) groups excluding carboxylic acids is 1. The van der Waals surface area contributed by atoms with E-state index in [1.54, 1.807) is 11.3 Å². The van der Waals surface area contributed by atoms with Gasteiger partial charge in [0, 0.05) is 4.88 Å². The van der Waals surface area contributed by atoms with Crippen LogP contribution in [-0.4, -0.2) is 18.2 Å². The van der Waals surface area contributed by atoms with Crippen LogP contribution in [0.25, 0.3) is 0 Å². The fourth-order valence-electron chi connectivity index (χ4n) is 3.37. The smallest absolute Gasteiger partial charge is 0.277 e. The highest BCUT2D eigenvalue weighted by Crippen LogP contribution is 2.42. The lowest BCUT2D eigenvalue weighted by atomic mass is 9.72. The van der Waals surface area contributed by atoms with Gasteiger partial charge in [0.25, 0.3) is 5.91 Å². The zero-order chi connectivity index (χ0) is 21.8. The van der Waals surface area contributed by atoms with Crippen molar-refractivity contribution in [3.05, 3.63) is 49.0 Å². The standard InChI is InChI=1S/C22H28Br2N2O2S/c1-14(18-8-7-9-29-18)25-26-19(27)12-28-20-16(23)10-15(11-17(20)24)22(5,6)13-21(2,3)4/h7-11H,12-13H2,1-6H3,(H,26,27). The summed E-state index contributed by atoms with van der Waals surface area (Å²) in [6.45, 7) is 13.0. The fourth-order valence-corrected chi connectivity index (χ4v) is 5.46. The van der Waals surface area contributed by atoms with Crippen LogP contribution < -0.4 is 10.2 Å². The van der Waals surface area contributed by atoms with E-state index in [0.717, 1.165) is 26.0 Å². The normalized spacial score (nSPS) is 12.8. The topological polar surface area (TPSA) is 50.7 Å². The molecule has 0 bridgehead atoms. The molecule has 1 aromatic carbocycles. The lowest BCUT2D eigenvalue weighted by Crippen LogP contribution is -2.26. The Kier molecular flexibility index (Phi) is 8.10. The van der Waals surface area contributed by atoms with Gasteiger partial charge in [-0.05, 0) is 85.2 Å². The van der Waals surface area contributed by atoms with Crippen LogP contribution in [0.5, 0.6) is 5.75 Å². The van der Waals surface area contributed by atoms with Crippen LogP contribution in [0.3, 0.4) is 0 Å². The maximum Gasteiger partial charge on any atom is 0.277 e. The highest BCUT2D eigenvalue weighted by molar-refractivity contribution is 9.11. The summed E-state index contributed by atoms with van der Waals surface area (Å²) in [4.78, 5) is 13.1. The number of amides is 1. The molecule has 0 spiro atoms. The highest BCUT2D eigenvalue weighted by atomic mass is 79.9. The number of nitrogens with zero attached hydrogens (tertiary/aromatic N) is 1. The Balaban J connectivity index is 2.04. The van der Waals surface area contributed by atoms with Gasteiger partial charge in [-0.2, -0.15) is 5.10 Å². The maximum atomic E-state index is 12.1. The molecule has 0 unspecified atom stereocenters. The first-order valence-electron chi connectivity index (χ1n) is 9.38. The third-order valence-electron chi connectivity index (χ3n) is 4.33. The summed E-state index contributed by atoms with van der Waals surface area (Å²) in [6, 6.07) is 8.06. The van der Waals surface area contributed by atoms with E-state index >= 15 is 0 Å². The van der Waals surface area contributed by atoms with Crippen molar-refractivity contribution in [1.29, 1.82) is 0 Å². The van der Waals surface area contributed by atoms with Crippen LogP contribution in [0.2, 0.25) is 0 Å². The summed E-state index contributed by atoms with van der Waals surface area (Å²) in [5.74, 6) is 0.297. The van der Waals surface area contributed by atoms with Crippen molar-refractivity contribution in [2.75, 3.05) is 6.61 Å². The molecule has 0 saturated carbocycles. The lowest BCUT2D eigenvalue weighted by Gasteiger charge is -2.33. The average molecular weight is 544 g/mol. The number of benzene rings is 1. The number of thiophene rings is 1. The molecule has 0 radical (unpaired) electrons. The minimum Gasteiger partial charge on any atom is -0.481 e. The molecular weight excluding hydrogens is 516 g/mol. The molecule has 0 atom stereocenters. The first-order chi connectivity index (χ1) is 13.4. The van der Waals surface area contributed by atoms with Crippen LogP contribution in [0.1, 0.15) is 58.4 Å². The van der Waals surface area contributed by atoms with Crippen molar-refractivity contribution in [2.24, 2.45) is 10.5 Å². The molecule has 0 aliphatic carbocycles. The number of hydrogen-bond acceptors (Lipinski definition) is 4. The first-order valence-corrected chi connectivity index (χ1v) is 11.8. The van der Waals surface area contributed by atoms with Crippen LogP contribution in [-0.2, 0) is 10.2 Å². The van der Waals surface area contributed by atoms with Gasteiger partial charge in [-0.15, -0.1) is 11.3 Å². The molecule has 1 N–H and O–H groups in total. The summed E-state index contributed by atoms with van der Waals surface area (Å²) < 4.78 is 7.38. The van der Waals surface area contributed by atoms with Gasteiger partial charge in [-0.1, -0.05) is 40.7 Å². The molecular formula is C22H28Br2N2O2S. The van der Waals surface area contributed by atoms with Gasteiger partial charge in [0.2, 0.25) is 0 Å². The van der Waals surface area contributed by atoms with Gasteiger partial charge in [-0.25, -0.2) is 5.43 Å². The summed E-state index contributed by atoms with van der Waals surface area (Å²) in [7, 11) is 0. The number of nitrogens with one attached hydrogen (secondary N) is 1. The van der Waals surface area contributed by atoms with Crippen molar-refractivity contribution in [1.82, 2.24) is 5.43 Å². The second kappa shape index (κ2) is 9.75. The lowest BCUT2D eigenvalue weighted by molar-refractivity contribution is -0.123. The molecule has 4 nitrogen and oxygen atoms in total. The third-order valence-corrected chi connectivity index (χ3v) is 6.48. The molecule has 1 amide bonds. The van der Waals surface area contributed by atoms with Gasteiger partial charge in [0.1, 0.15) is 5.75 Å². The molecule has 7 heteroatoms. The van der Waals surface area contributed by atoms with Gasteiger partial charge in [0.05, 0.1) is 14.7 Å². The van der Waals surface area contributed by atoms with Crippen LogP contribution >= 0.6 is 43.2 Å². The molecule has 0 aliphatic rings. The Labute approximate surface area is 194 Å². The van der Waals surface area contributed by atoms with Gasteiger partial charge in [-0.3, -0.25) is 4.79 Å². The summed E-state index contributed by atoms with van der Waals surface area (Å²) >= 11 is 8.77. The van der Waals surface area contributed by atoms with Gasteiger partial charge < -0.3 is 4.74 Å². The van der Waals surface area contributed by atoms with Crippen molar-refractivity contribution in [3.63, 3.8) is 0 Å². The van der Waals surface area contributed by atoms with Crippen molar-refractivity contribution >= 4 is 54.8 Å². The van der Waals surface area contributed by atoms with Gasteiger partial charge >= 0.3 is 0 Å². The van der Waals surface area contributed by atoms with Crippen molar-refractivity contribution < 1.29 is 9.53 Å². The number of carbonyl (C=O) groups is 1. The largest absolute Gasteiger partial charge is 0.481 e. The number of hydrazone groups is 1. The predicted octanol–water partition coefficient (Wildman–Crippen LogP) is 6.91. The molecule has 29 heavy (non-hydrogen) atoms. The molecule has 0 fully saturated rings. The van der Waals surface area contributed by atoms with E-state index in [2.05, 4.69) is 89.1 Å². The zero-order valence-corrected chi connectivity index (χ0v) is 21.7. The SMILES string of the molecule is CC(=NNC(=O)COc1c(Br)cc(C(C)(C)CC(C)(C)C)cc1Br)c1cccs1. The third kappa shape index (κ3) is 7.23. The molecule has 0 saturated heterocycles. The Hall–Kier alpha value is -1.18. The second-order valence-corrected chi connectivity index (χ2v) is 11.5. The fraction of sp³-hybridized carbons (Fsp3) is 0.455. The zero-order valence-electron chi connectivity index (χ0n) is 17.7. The van der Waals surface area contributed by atoms with E-state index in [4.69, 9.17) is 4.74 Å². The number of ether oxygens (including phenoxy) is 1. The molecule has 1 aromatic heterocycles. The molecule has 0 aliphatic heterocycles. The van der Waals surface area contributed by atoms with E-state index in [9.17, 15) is 4.79 Å². The molecule has 2 aromatic rings. The molecule has 2 rings (SSSR count). The van der Waals surface area contributed by atoms with Crippen LogP contribution in [0.4, 0.5) is 0 Å². The van der Waals surface area contributed by atoms with E-state index in [-0.39, 0.29) is 23.3 Å². The van der Waals surface area contributed by atoms with Crippen LogP contribution in [0.15, 0.2) is 43.7 Å². The quantitative estimate of drug-likeness (QED) is 0.305. The highest BCUT2D eigenvalue weighted by Gasteiger charge is 2.28. The Morgan fingerprint density at radius 1 is 1.17 bits per heavy atom. The van der Waals surface area contributed by atoms with Crippen LogP contribution in [0, 0.1) is 5.41 Å². The summed E-state index contributed by atoms with van der Waals surface area (Å²) in [5.41, 5.74) is 4.74. The Bertz CT molecular complexity index is 862. The summed E-state index contributed by atoms with van der Waals surface area (Å²) in [6.07, 6.45) is 1.04. The minimum atomic E-state index is -0.308. The van der Waals surface area contributed by atoms with E-state index in [1.807, 2.05) is 24.4 Å². The van der Waals surface area contributed by atoms with E-state index < -0.39 is 0 Å². The summed E-state index contributed by atoms with van der Waals surface area (Å²) in [5, 5.41) is 6.10. The number of rotatable bonds is 7. The second-order valence-electron chi connectivity index (χ2n) is 8.89. The predicted molar refractivity (Wildman–Crippen MR) is 129 cm³/mol. The van der Waals surface area contributed by atoms with Crippen molar-refractivity contribution in [2.45, 2.75) is 53.4 Å². The first kappa shape index (κ1) is 24.1. The van der Waals surface area contributed by atoms with E-state index in [1.165, 1.54) is 5.56 Å². The average Bonchev–Trinajstić information content (AvgIpc) is 3.11. The minimum absolute atomic E-state index is 0.00717. The van der Waals surface area contributed by atoms with Gasteiger partial charge in [0.15, 0.2) is 6.61 Å².